The molecule has 0 aromatic carbocycles. The molecular weight excluding hydrogens is 180 g/mol. The van der Waals surface area contributed by atoms with Crippen LogP contribution in [0.15, 0.2) is 0 Å². The van der Waals surface area contributed by atoms with Crippen LogP contribution < -0.4 is 0 Å². The second-order valence-electron chi connectivity index (χ2n) is 5.59. The molecule has 0 radical (unpaired) electrons. The van der Waals surface area contributed by atoms with E-state index in [-0.39, 0.29) is 16.7 Å². The minimum atomic E-state index is -0.834. The third-order valence-electron chi connectivity index (χ3n) is 5.09. The van der Waals surface area contributed by atoms with Gasteiger partial charge in [-0.15, -0.1) is 0 Å². The molecule has 0 aromatic rings. The topological polar surface area (TPSA) is 57.5 Å². The van der Waals surface area contributed by atoms with E-state index in [1.165, 1.54) is 0 Å². The molecule has 2 N–H and O–H groups in total. The van der Waals surface area contributed by atoms with E-state index in [1.807, 2.05) is 6.92 Å². The smallest absolute Gasteiger partial charge is 0.309 e. The molecule has 0 heterocycles. The van der Waals surface area contributed by atoms with Gasteiger partial charge in [0.25, 0.3) is 0 Å². The highest BCUT2D eigenvalue weighted by molar-refractivity contribution is 5.72. The number of carbonyl (C=O) groups is 1. The lowest BCUT2D eigenvalue weighted by Gasteiger charge is -2.36. The van der Waals surface area contributed by atoms with Gasteiger partial charge in [0.1, 0.15) is 0 Å². The van der Waals surface area contributed by atoms with Gasteiger partial charge in [-0.05, 0) is 29.6 Å². The second-order valence-corrected chi connectivity index (χ2v) is 5.59. The van der Waals surface area contributed by atoms with Gasteiger partial charge in [-0.2, -0.15) is 0 Å². The van der Waals surface area contributed by atoms with Crippen molar-refractivity contribution >= 4 is 5.97 Å². The first-order chi connectivity index (χ1) is 6.32. The van der Waals surface area contributed by atoms with Crippen LogP contribution in [0.3, 0.4) is 0 Å². The summed E-state index contributed by atoms with van der Waals surface area (Å²) in [6.07, 6.45) is 1.22. The molecule has 14 heavy (non-hydrogen) atoms. The maximum absolute atomic E-state index is 11.1. The molecule has 4 atom stereocenters. The lowest BCUT2D eigenvalue weighted by atomic mass is 9.70. The number of aliphatic hydroxyl groups is 1. The lowest BCUT2D eigenvalue weighted by Crippen LogP contribution is -2.39. The Morgan fingerprint density at radius 1 is 1.36 bits per heavy atom. The van der Waals surface area contributed by atoms with Crippen LogP contribution in [-0.2, 0) is 4.79 Å². The molecule has 0 amide bonds. The van der Waals surface area contributed by atoms with Crippen LogP contribution in [0.25, 0.3) is 0 Å². The molecule has 2 saturated carbocycles. The molecule has 3 heteroatoms. The SMILES string of the molecule is CC1(C)[C@H]2CC[C@@]1(C)[C@H](O)[C@@H]2C(=O)O. The highest BCUT2D eigenvalue weighted by Gasteiger charge is 2.67. The van der Waals surface area contributed by atoms with E-state index < -0.39 is 18.0 Å². The van der Waals surface area contributed by atoms with E-state index >= 15 is 0 Å². The minimum Gasteiger partial charge on any atom is -0.481 e. The number of fused-ring (bicyclic) bond motifs is 2. The number of hydrogen-bond acceptors (Lipinski definition) is 2. The summed E-state index contributed by atoms with van der Waals surface area (Å²) < 4.78 is 0. The quantitative estimate of drug-likeness (QED) is 0.671. The summed E-state index contributed by atoms with van der Waals surface area (Å²) in [6, 6.07) is 0. The lowest BCUT2D eigenvalue weighted by molar-refractivity contribution is -0.149. The highest BCUT2D eigenvalue weighted by atomic mass is 16.4. The van der Waals surface area contributed by atoms with Gasteiger partial charge in [-0.3, -0.25) is 4.79 Å². The fraction of sp³-hybridized carbons (Fsp3) is 0.909. The number of carboxylic acids is 1. The van der Waals surface area contributed by atoms with E-state index in [4.69, 9.17) is 5.11 Å². The molecule has 2 aliphatic carbocycles. The van der Waals surface area contributed by atoms with Crippen molar-refractivity contribution in [2.75, 3.05) is 0 Å². The number of carboxylic acid groups (broad SMARTS) is 1. The van der Waals surface area contributed by atoms with Gasteiger partial charge in [0.05, 0.1) is 12.0 Å². The monoisotopic (exact) mass is 198 g/mol. The third kappa shape index (κ3) is 0.842. The molecule has 0 saturated heterocycles. The molecular formula is C11H18O3. The normalized spacial score (nSPS) is 49.6. The predicted octanol–water partition coefficient (Wildman–Crippen LogP) is 1.50. The summed E-state index contributed by atoms with van der Waals surface area (Å²) in [4.78, 5) is 11.1. The summed E-state index contributed by atoms with van der Waals surface area (Å²) in [6.45, 7) is 6.22. The molecule has 0 aliphatic heterocycles. The Morgan fingerprint density at radius 3 is 2.21 bits per heavy atom. The van der Waals surface area contributed by atoms with Gasteiger partial charge < -0.3 is 10.2 Å². The maximum Gasteiger partial charge on any atom is 0.309 e. The Bertz CT molecular complexity index is 284. The zero-order valence-corrected chi connectivity index (χ0v) is 8.95. The zero-order valence-electron chi connectivity index (χ0n) is 8.95. The number of rotatable bonds is 1. The van der Waals surface area contributed by atoms with Gasteiger partial charge in [-0.1, -0.05) is 20.8 Å². The number of aliphatic carboxylic acids is 1. The summed E-state index contributed by atoms with van der Waals surface area (Å²) in [5.41, 5.74) is -0.254. The molecule has 0 aromatic heterocycles. The average Bonchev–Trinajstić information content (AvgIpc) is 2.35. The van der Waals surface area contributed by atoms with Crippen molar-refractivity contribution in [3.8, 4) is 0 Å². The van der Waals surface area contributed by atoms with Gasteiger partial charge in [0.2, 0.25) is 0 Å². The molecule has 2 aliphatic rings. The van der Waals surface area contributed by atoms with Crippen LogP contribution in [0.2, 0.25) is 0 Å². The van der Waals surface area contributed by atoms with E-state index in [0.717, 1.165) is 12.8 Å². The zero-order chi connectivity index (χ0) is 10.7. The standard InChI is InChI=1S/C11H18O3/c1-10(2)6-4-5-11(10,3)8(12)7(6)9(13)14/h6-8,12H,4-5H2,1-3H3,(H,13,14)/t6-,7+,8+,11-/m0/s1. The highest BCUT2D eigenvalue weighted by Crippen LogP contribution is 2.67. The summed E-state index contributed by atoms with van der Waals surface area (Å²) >= 11 is 0. The van der Waals surface area contributed by atoms with E-state index in [9.17, 15) is 9.90 Å². The van der Waals surface area contributed by atoms with Crippen molar-refractivity contribution in [1.82, 2.24) is 0 Å². The van der Waals surface area contributed by atoms with Crippen molar-refractivity contribution in [2.45, 2.75) is 39.7 Å². The van der Waals surface area contributed by atoms with Gasteiger partial charge >= 0.3 is 5.97 Å². The van der Waals surface area contributed by atoms with Crippen LogP contribution >= 0.6 is 0 Å². The molecule has 0 spiro atoms. The van der Waals surface area contributed by atoms with Crippen LogP contribution in [0, 0.1) is 22.7 Å². The molecule has 2 bridgehead atoms. The Morgan fingerprint density at radius 2 is 1.93 bits per heavy atom. The van der Waals surface area contributed by atoms with Crippen LogP contribution in [0.5, 0.6) is 0 Å². The van der Waals surface area contributed by atoms with Crippen molar-refractivity contribution in [3.63, 3.8) is 0 Å². The number of aliphatic hydroxyl groups excluding tert-OH is 1. The van der Waals surface area contributed by atoms with Gasteiger partial charge in [-0.25, -0.2) is 0 Å². The summed E-state index contributed by atoms with van der Waals surface area (Å²) in [7, 11) is 0. The first-order valence-electron chi connectivity index (χ1n) is 5.23. The van der Waals surface area contributed by atoms with E-state index in [0.29, 0.717) is 0 Å². The molecule has 0 unspecified atom stereocenters. The third-order valence-corrected chi connectivity index (χ3v) is 5.09. The fourth-order valence-electron chi connectivity index (χ4n) is 3.64. The van der Waals surface area contributed by atoms with Crippen molar-refractivity contribution in [2.24, 2.45) is 22.7 Å². The average molecular weight is 198 g/mol. The largest absolute Gasteiger partial charge is 0.481 e. The first-order valence-corrected chi connectivity index (χ1v) is 5.23. The number of hydrogen-bond donors (Lipinski definition) is 2. The molecule has 2 rings (SSSR count). The van der Waals surface area contributed by atoms with Crippen LogP contribution in [-0.4, -0.2) is 22.3 Å². The Kier molecular flexibility index (Phi) is 1.79. The van der Waals surface area contributed by atoms with Crippen molar-refractivity contribution in [1.29, 1.82) is 0 Å². The summed E-state index contributed by atoms with van der Waals surface area (Å²) in [5, 5.41) is 19.2. The maximum atomic E-state index is 11.1. The summed E-state index contributed by atoms with van der Waals surface area (Å²) in [5.74, 6) is -1.25. The van der Waals surface area contributed by atoms with Crippen LogP contribution in [0.1, 0.15) is 33.6 Å². The predicted molar refractivity (Wildman–Crippen MR) is 51.7 cm³/mol. The van der Waals surface area contributed by atoms with E-state index in [1.54, 1.807) is 0 Å². The Hall–Kier alpha value is -0.570. The van der Waals surface area contributed by atoms with Crippen molar-refractivity contribution in [3.05, 3.63) is 0 Å². The molecule has 80 valence electrons. The molecule has 2 fully saturated rings. The van der Waals surface area contributed by atoms with Gasteiger partial charge in [0.15, 0.2) is 0 Å². The van der Waals surface area contributed by atoms with E-state index in [2.05, 4.69) is 13.8 Å². The Balaban J connectivity index is 2.44. The second kappa shape index (κ2) is 2.51. The first kappa shape index (κ1) is 9.97. The molecule has 3 nitrogen and oxygen atoms in total. The Labute approximate surface area is 84.1 Å². The van der Waals surface area contributed by atoms with Crippen LogP contribution in [0.4, 0.5) is 0 Å². The van der Waals surface area contributed by atoms with Crippen molar-refractivity contribution < 1.29 is 15.0 Å². The minimum absolute atomic E-state index is 0.0462. The van der Waals surface area contributed by atoms with Gasteiger partial charge in [0, 0.05) is 0 Å². The fourth-order valence-corrected chi connectivity index (χ4v) is 3.64.